The third-order valence-corrected chi connectivity index (χ3v) is 3.10. The van der Waals surface area contributed by atoms with Crippen molar-refractivity contribution in [1.29, 1.82) is 0 Å². The van der Waals surface area contributed by atoms with Crippen LogP contribution in [0.25, 0.3) is 0 Å². The molecule has 0 unspecified atom stereocenters. The van der Waals surface area contributed by atoms with Crippen molar-refractivity contribution in [2.45, 2.75) is 6.92 Å². The van der Waals surface area contributed by atoms with Crippen LogP contribution in [0.2, 0.25) is 0 Å². The van der Waals surface area contributed by atoms with Crippen LogP contribution in [-0.2, 0) is 4.79 Å². The molecule has 120 valence electrons. The number of hydrogen-bond acceptors (Lipinski definition) is 4. The van der Waals surface area contributed by atoms with Crippen LogP contribution >= 0.6 is 0 Å². The number of methoxy groups -OCH3 is 2. The van der Waals surface area contributed by atoms with E-state index in [0.29, 0.717) is 28.4 Å². The molecule has 0 saturated heterocycles. The molecule has 0 aliphatic rings. The van der Waals surface area contributed by atoms with Crippen LogP contribution in [0.15, 0.2) is 42.5 Å². The minimum Gasteiger partial charge on any atom is -0.497 e. The maximum Gasteiger partial charge on any atom is 0.255 e. The van der Waals surface area contributed by atoms with E-state index in [1.807, 2.05) is 0 Å². The summed E-state index contributed by atoms with van der Waals surface area (Å²) in [6.07, 6.45) is 0. The number of ether oxygens (including phenoxy) is 2. The van der Waals surface area contributed by atoms with E-state index in [1.165, 1.54) is 21.1 Å². The van der Waals surface area contributed by atoms with E-state index in [1.54, 1.807) is 42.5 Å². The van der Waals surface area contributed by atoms with Gasteiger partial charge in [0.25, 0.3) is 5.91 Å². The molecular weight excluding hydrogens is 296 g/mol. The summed E-state index contributed by atoms with van der Waals surface area (Å²) in [5, 5.41) is 5.43. The first-order valence-electron chi connectivity index (χ1n) is 6.94. The zero-order valence-corrected chi connectivity index (χ0v) is 13.2. The fourth-order valence-corrected chi connectivity index (χ4v) is 2.05. The van der Waals surface area contributed by atoms with Gasteiger partial charge < -0.3 is 20.1 Å². The standard InChI is InChI=1S/C17H18N2O4/c1-11(20)18-13-7-8-16(23-3)15(10-13)19-17(21)12-5-4-6-14(9-12)22-2/h4-10H,1-3H3,(H,18,20)(H,19,21). The topological polar surface area (TPSA) is 76.7 Å². The summed E-state index contributed by atoms with van der Waals surface area (Å²) in [5.41, 5.74) is 1.49. The van der Waals surface area contributed by atoms with Crippen LogP contribution in [0.5, 0.6) is 11.5 Å². The zero-order chi connectivity index (χ0) is 16.8. The first-order chi connectivity index (χ1) is 11.0. The van der Waals surface area contributed by atoms with Gasteiger partial charge in [-0.1, -0.05) is 6.07 Å². The van der Waals surface area contributed by atoms with Crippen molar-refractivity contribution >= 4 is 23.2 Å². The van der Waals surface area contributed by atoms with Crippen LogP contribution < -0.4 is 20.1 Å². The Labute approximate surface area is 134 Å². The third-order valence-electron chi connectivity index (χ3n) is 3.10. The molecule has 6 heteroatoms. The Kier molecular flexibility index (Phi) is 5.19. The lowest BCUT2D eigenvalue weighted by molar-refractivity contribution is -0.114. The summed E-state index contributed by atoms with van der Waals surface area (Å²) in [6.45, 7) is 1.42. The van der Waals surface area contributed by atoms with Gasteiger partial charge in [-0.15, -0.1) is 0 Å². The molecule has 2 rings (SSSR count). The maximum absolute atomic E-state index is 12.4. The predicted octanol–water partition coefficient (Wildman–Crippen LogP) is 2.91. The van der Waals surface area contributed by atoms with E-state index >= 15 is 0 Å². The predicted molar refractivity (Wildman–Crippen MR) is 88.2 cm³/mol. The highest BCUT2D eigenvalue weighted by Crippen LogP contribution is 2.28. The quantitative estimate of drug-likeness (QED) is 0.889. The highest BCUT2D eigenvalue weighted by Gasteiger charge is 2.11. The Morgan fingerprint density at radius 3 is 2.39 bits per heavy atom. The average molecular weight is 314 g/mol. The Hall–Kier alpha value is -3.02. The molecule has 2 amide bonds. The summed E-state index contributed by atoms with van der Waals surface area (Å²) in [6, 6.07) is 11.8. The third kappa shape index (κ3) is 4.23. The van der Waals surface area contributed by atoms with Crippen molar-refractivity contribution in [3.05, 3.63) is 48.0 Å². The molecule has 2 N–H and O–H groups in total. The van der Waals surface area contributed by atoms with E-state index in [9.17, 15) is 9.59 Å². The number of rotatable bonds is 5. The summed E-state index contributed by atoms with van der Waals surface area (Å²) >= 11 is 0. The first kappa shape index (κ1) is 16.4. The molecule has 0 heterocycles. The lowest BCUT2D eigenvalue weighted by Crippen LogP contribution is -2.13. The number of nitrogens with one attached hydrogen (secondary N) is 2. The van der Waals surface area contributed by atoms with Crippen LogP contribution in [-0.4, -0.2) is 26.0 Å². The molecule has 0 saturated carbocycles. The monoisotopic (exact) mass is 314 g/mol. The van der Waals surface area contributed by atoms with Gasteiger partial charge in [-0.05, 0) is 36.4 Å². The van der Waals surface area contributed by atoms with Gasteiger partial charge in [0, 0.05) is 18.2 Å². The van der Waals surface area contributed by atoms with Crippen molar-refractivity contribution in [2.75, 3.05) is 24.9 Å². The van der Waals surface area contributed by atoms with Gasteiger partial charge in [0.05, 0.1) is 19.9 Å². The van der Waals surface area contributed by atoms with Crippen molar-refractivity contribution in [3.8, 4) is 11.5 Å². The number of carbonyl (C=O) groups excluding carboxylic acids is 2. The molecule has 0 aromatic heterocycles. The molecule has 0 atom stereocenters. The van der Waals surface area contributed by atoms with Crippen molar-refractivity contribution in [1.82, 2.24) is 0 Å². The lowest BCUT2D eigenvalue weighted by atomic mass is 10.2. The number of hydrogen-bond donors (Lipinski definition) is 2. The molecule has 0 aliphatic heterocycles. The molecule has 0 spiro atoms. The largest absolute Gasteiger partial charge is 0.497 e. The van der Waals surface area contributed by atoms with Gasteiger partial charge in [0.1, 0.15) is 11.5 Å². The van der Waals surface area contributed by atoms with Gasteiger partial charge in [0.2, 0.25) is 5.91 Å². The molecule has 0 bridgehead atoms. The average Bonchev–Trinajstić information content (AvgIpc) is 2.54. The fourth-order valence-electron chi connectivity index (χ4n) is 2.05. The van der Waals surface area contributed by atoms with E-state index in [2.05, 4.69) is 10.6 Å². The van der Waals surface area contributed by atoms with Gasteiger partial charge in [-0.3, -0.25) is 9.59 Å². The molecular formula is C17H18N2O4. The molecule has 23 heavy (non-hydrogen) atoms. The second-order valence-electron chi connectivity index (χ2n) is 4.78. The molecule has 2 aromatic rings. The number of amides is 2. The Morgan fingerprint density at radius 2 is 1.74 bits per heavy atom. The Bertz CT molecular complexity index is 728. The Morgan fingerprint density at radius 1 is 0.957 bits per heavy atom. The fraction of sp³-hybridized carbons (Fsp3) is 0.176. The summed E-state index contributed by atoms with van der Waals surface area (Å²) in [7, 11) is 3.05. The highest BCUT2D eigenvalue weighted by atomic mass is 16.5. The van der Waals surface area contributed by atoms with Crippen molar-refractivity contribution < 1.29 is 19.1 Å². The van der Waals surface area contributed by atoms with Gasteiger partial charge >= 0.3 is 0 Å². The molecule has 0 fully saturated rings. The van der Waals surface area contributed by atoms with E-state index in [-0.39, 0.29) is 11.8 Å². The van der Waals surface area contributed by atoms with Crippen LogP contribution in [0, 0.1) is 0 Å². The minimum absolute atomic E-state index is 0.194. The zero-order valence-electron chi connectivity index (χ0n) is 13.2. The number of anilines is 2. The second kappa shape index (κ2) is 7.31. The van der Waals surface area contributed by atoms with Crippen LogP contribution in [0.4, 0.5) is 11.4 Å². The summed E-state index contributed by atoms with van der Waals surface area (Å²) in [5.74, 6) is 0.592. The molecule has 2 aromatic carbocycles. The molecule has 0 radical (unpaired) electrons. The normalized spacial score (nSPS) is 9.87. The van der Waals surface area contributed by atoms with Gasteiger partial charge in [0.15, 0.2) is 0 Å². The van der Waals surface area contributed by atoms with Gasteiger partial charge in [-0.2, -0.15) is 0 Å². The molecule has 0 aliphatic carbocycles. The second-order valence-corrected chi connectivity index (χ2v) is 4.78. The van der Waals surface area contributed by atoms with E-state index in [0.717, 1.165) is 0 Å². The SMILES string of the molecule is COc1cccc(C(=O)Nc2cc(NC(C)=O)ccc2OC)c1. The van der Waals surface area contributed by atoms with Crippen LogP contribution in [0.3, 0.4) is 0 Å². The van der Waals surface area contributed by atoms with Crippen molar-refractivity contribution in [2.24, 2.45) is 0 Å². The highest BCUT2D eigenvalue weighted by molar-refractivity contribution is 6.05. The summed E-state index contributed by atoms with van der Waals surface area (Å²) < 4.78 is 10.3. The number of benzene rings is 2. The van der Waals surface area contributed by atoms with Crippen molar-refractivity contribution in [3.63, 3.8) is 0 Å². The van der Waals surface area contributed by atoms with Crippen LogP contribution in [0.1, 0.15) is 17.3 Å². The van der Waals surface area contributed by atoms with E-state index in [4.69, 9.17) is 9.47 Å². The van der Waals surface area contributed by atoms with Gasteiger partial charge in [-0.25, -0.2) is 0 Å². The Balaban J connectivity index is 2.26. The first-order valence-corrected chi connectivity index (χ1v) is 6.94. The molecule has 6 nitrogen and oxygen atoms in total. The number of carbonyl (C=O) groups is 2. The summed E-state index contributed by atoms with van der Waals surface area (Å²) in [4.78, 5) is 23.5. The lowest BCUT2D eigenvalue weighted by Gasteiger charge is -2.12. The van der Waals surface area contributed by atoms with E-state index < -0.39 is 0 Å². The maximum atomic E-state index is 12.4. The minimum atomic E-state index is -0.304. The smallest absolute Gasteiger partial charge is 0.255 e.